The lowest BCUT2D eigenvalue weighted by Gasteiger charge is -2.27. The summed E-state index contributed by atoms with van der Waals surface area (Å²) < 4.78 is 5.45. The molecule has 0 saturated heterocycles. The minimum absolute atomic E-state index is 0.109. The number of nitrogens with zero attached hydrogens (tertiary/aromatic N) is 1. The average molecular weight is 258 g/mol. The first-order chi connectivity index (χ1) is 9.29. The fourth-order valence-corrected chi connectivity index (χ4v) is 2.77. The summed E-state index contributed by atoms with van der Waals surface area (Å²) in [5.74, 6) is 1.65. The highest BCUT2D eigenvalue weighted by molar-refractivity contribution is 5.33. The molecule has 102 valence electrons. The molecule has 2 unspecified atom stereocenters. The standard InChI is InChI=1S/C16H22N2O/c1-13-5-4-7-15(11-13)18-12-14-6-2-3-8-16(14)19-10-9-17/h2-3,6,8,13,15,18H,4-5,7,10-12H2,1H3. The third-order valence-electron chi connectivity index (χ3n) is 3.78. The lowest BCUT2D eigenvalue weighted by Crippen LogP contribution is -2.33. The van der Waals surface area contributed by atoms with Gasteiger partial charge >= 0.3 is 0 Å². The maximum absolute atomic E-state index is 8.59. The van der Waals surface area contributed by atoms with Gasteiger partial charge in [0, 0.05) is 18.2 Å². The molecule has 1 fully saturated rings. The van der Waals surface area contributed by atoms with Crippen molar-refractivity contribution in [2.45, 2.75) is 45.2 Å². The Bertz CT molecular complexity index is 439. The molecule has 1 saturated carbocycles. The van der Waals surface area contributed by atoms with Crippen molar-refractivity contribution >= 4 is 0 Å². The van der Waals surface area contributed by atoms with Gasteiger partial charge in [0.1, 0.15) is 11.8 Å². The summed E-state index contributed by atoms with van der Waals surface area (Å²) in [6.07, 6.45) is 5.22. The Morgan fingerprint density at radius 1 is 1.37 bits per heavy atom. The lowest BCUT2D eigenvalue weighted by atomic mass is 9.87. The number of para-hydroxylation sites is 1. The van der Waals surface area contributed by atoms with Crippen molar-refractivity contribution in [2.75, 3.05) is 6.61 Å². The lowest BCUT2D eigenvalue weighted by molar-refractivity contribution is 0.298. The normalized spacial score (nSPS) is 22.7. The van der Waals surface area contributed by atoms with Crippen LogP contribution in [0.2, 0.25) is 0 Å². The highest BCUT2D eigenvalue weighted by atomic mass is 16.5. The van der Waals surface area contributed by atoms with Gasteiger partial charge in [0.25, 0.3) is 0 Å². The Labute approximate surface area is 115 Å². The number of benzene rings is 1. The molecule has 1 aliphatic carbocycles. The summed E-state index contributed by atoms with van der Waals surface area (Å²) in [7, 11) is 0. The van der Waals surface area contributed by atoms with Crippen LogP contribution in [0.4, 0.5) is 0 Å². The van der Waals surface area contributed by atoms with Crippen LogP contribution >= 0.6 is 0 Å². The van der Waals surface area contributed by atoms with Crippen LogP contribution in [0.5, 0.6) is 5.75 Å². The van der Waals surface area contributed by atoms with Gasteiger partial charge in [-0.15, -0.1) is 0 Å². The van der Waals surface area contributed by atoms with E-state index in [1.165, 1.54) is 25.7 Å². The highest BCUT2D eigenvalue weighted by Crippen LogP contribution is 2.24. The van der Waals surface area contributed by atoms with E-state index in [1.54, 1.807) is 0 Å². The first-order valence-corrected chi connectivity index (χ1v) is 7.10. The molecule has 3 heteroatoms. The van der Waals surface area contributed by atoms with Crippen molar-refractivity contribution in [3.63, 3.8) is 0 Å². The molecule has 0 amide bonds. The zero-order valence-corrected chi connectivity index (χ0v) is 11.6. The van der Waals surface area contributed by atoms with Gasteiger partial charge in [0.05, 0.1) is 0 Å². The molecule has 0 bridgehead atoms. The Hall–Kier alpha value is -1.53. The fourth-order valence-electron chi connectivity index (χ4n) is 2.77. The zero-order valence-electron chi connectivity index (χ0n) is 11.6. The minimum atomic E-state index is 0.109. The summed E-state index contributed by atoms with van der Waals surface area (Å²) in [5, 5.41) is 12.2. The van der Waals surface area contributed by atoms with Crippen molar-refractivity contribution < 1.29 is 4.74 Å². The molecule has 0 radical (unpaired) electrons. The first-order valence-electron chi connectivity index (χ1n) is 7.10. The smallest absolute Gasteiger partial charge is 0.174 e. The molecule has 0 spiro atoms. The van der Waals surface area contributed by atoms with Crippen LogP contribution in [0.3, 0.4) is 0 Å². The number of ether oxygens (including phenoxy) is 1. The molecule has 0 heterocycles. The van der Waals surface area contributed by atoms with Crippen molar-refractivity contribution in [1.82, 2.24) is 5.32 Å². The molecule has 3 nitrogen and oxygen atoms in total. The quantitative estimate of drug-likeness (QED) is 0.881. The van der Waals surface area contributed by atoms with E-state index in [0.29, 0.717) is 6.04 Å². The van der Waals surface area contributed by atoms with Crippen LogP contribution in [-0.2, 0) is 6.54 Å². The van der Waals surface area contributed by atoms with E-state index in [2.05, 4.69) is 18.3 Å². The van der Waals surface area contributed by atoms with Crippen LogP contribution in [0.15, 0.2) is 24.3 Å². The third-order valence-corrected chi connectivity index (χ3v) is 3.78. The third kappa shape index (κ3) is 4.25. The van der Waals surface area contributed by atoms with Crippen molar-refractivity contribution in [2.24, 2.45) is 5.92 Å². The Morgan fingerprint density at radius 3 is 3.00 bits per heavy atom. The maximum atomic E-state index is 8.59. The van der Waals surface area contributed by atoms with E-state index >= 15 is 0 Å². The summed E-state index contributed by atoms with van der Waals surface area (Å²) in [5.41, 5.74) is 1.14. The number of nitriles is 1. The molecule has 2 atom stereocenters. The second-order valence-electron chi connectivity index (χ2n) is 5.40. The van der Waals surface area contributed by atoms with Gasteiger partial charge in [-0.05, 0) is 24.8 Å². The molecule has 1 aliphatic rings. The molecule has 19 heavy (non-hydrogen) atoms. The van der Waals surface area contributed by atoms with Crippen LogP contribution < -0.4 is 10.1 Å². The van der Waals surface area contributed by atoms with Gasteiger partial charge in [0.2, 0.25) is 0 Å². The molecule has 0 aliphatic heterocycles. The van der Waals surface area contributed by atoms with E-state index < -0.39 is 0 Å². The van der Waals surface area contributed by atoms with E-state index in [0.717, 1.165) is 23.8 Å². The second kappa shape index (κ2) is 7.16. The number of nitrogens with one attached hydrogen (secondary N) is 1. The van der Waals surface area contributed by atoms with E-state index in [4.69, 9.17) is 10.00 Å². The van der Waals surface area contributed by atoms with E-state index in [1.807, 2.05) is 24.3 Å². The number of hydrogen-bond acceptors (Lipinski definition) is 3. The summed E-state index contributed by atoms with van der Waals surface area (Å²) in [6.45, 7) is 3.26. The van der Waals surface area contributed by atoms with Crippen LogP contribution in [0.25, 0.3) is 0 Å². The second-order valence-corrected chi connectivity index (χ2v) is 5.40. The SMILES string of the molecule is CC1CCCC(NCc2ccccc2OCC#N)C1. The number of rotatable bonds is 5. The number of hydrogen-bond donors (Lipinski definition) is 1. The van der Waals surface area contributed by atoms with Crippen LogP contribution in [0.1, 0.15) is 38.2 Å². The van der Waals surface area contributed by atoms with Crippen molar-refractivity contribution in [3.05, 3.63) is 29.8 Å². The van der Waals surface area contributed by atoms with Gasteiger partial charge in [-0.25, -0.2) is 0 Å². The molecule has 1 N–H and O–H groups in total. The zero-order chi connectivity index (χ0) is 13.5. The predicted octanol–water partition coefficient (Wildman–Crippen LogP) is 3.26. The topological polar surface area (TPSA) is 45.0 Å². The molecular weight excluding hydrogens is 236 g/mol. The van der Waals surface area contributed by atoms with Crippen LogP contribution in [-0.4, -0.2) is 12.6 Å². The molecule has 2 rings (SSSR count). The summed E-state index contributed by atoms with van der Waals surface area (Å²) >= 11 is 0. The maximum Gasteiger partial charge on any atom is 0.174 e. The monoisotopic (exact) mass is 258 g/mol. The van der Waals surface area contributed by atoms with Gasteiger partial charge < -0.3 is 10.1 Å². The van der Waals surface area contributed by atoms with Gasteiger partial charge in [-0.3, -0.25) is 0 Å². The first kappa shape index (κ1) is 13.9. The fraction of sp³-hybridized carbons (Fsp3) is 0.562. The van der Waals surface area contributed by atoms with Gasteiger partial charge in [-0.1, -0.05) is 38.0 Å². The summed E-state index contributed by atoms with van der Waals surface area (Å²) in [4.78, 5) is 0. The average Bonchev–Trinajstić information content (AvgIpc) is 2.44. The van der Waals surface area contributed by atoms with E-state index in [-0.39, 0.29) is 6.61 Å². The minimum Gasteiger partial charge on any atom is -0.478 e. The highest BCUT2D eigenvalue weighted by Gasteiger charge is 2.18. The van der Waals surface area contributed by atoms with Crippen molar-refractivity contribution in [3.8, 4) is 11.8 Å². The molecular formula is C16H22N2O. The van der Waals surface area contributed by atoms with E-state index in [9.17, 15) is 0 Å². The largest absolute Gasteiger partial charge is 0.478 e. The molecule has 1 aromatic rings. The predicted molar refractivity (Wildman–Crippen MR) is 75.8 cm³/mol. The Kier molecular flexibility index (Phi) is 5.23. The van der Waals surface area contributed by atoms with Gasteiger partial charge in [-0.2, -0.15) is 5.26 Å². The Morgan fingerprint density at radius 2 is 2.21 bits per heavy atom. The molecule has 1 aromatic carbocycles. The van der Waals surface area contributed by atoms with Crippen molar-refractivity contribution in [1.29, 1.82) is 5.26 Å². The summed E-state index contributed by atoms with van der Waals surface area (Å²) in [6, 6.07) is 10.6. The van der Waals surface area contributed by atoms with Crippen LogP contribution in [0, 0.1) is 17.2 Å². The van der Waals surface area contributed by atoms with Gasteiger partial charge in [0.15, 0.2) is 6.61 Å². The Balaban J connectivity index is 1.89. The molecule has 0 aromatic heterocycles.